The van der Waals surface area contributed by atoms with Gasteiger partial charge in [-0.05, 0) is 32.6 Å². The van der Waals surface area contributed by atoms with Crippen molar-refractivity contribution in [1.82, 2.24) is 10.6 Å². The molecule has 19 heavy (non-hydrogen) atoms. The molecule has 3 N–H and O–H groups in total. The van der Waals surface area contributed by atoms with Crippen LogP contribution in [0.1, 0.15) is 65.7 Å². The summed E-state index contributed by atoms with van der Waals surface area (Å²) in [7, 11) is 0. The second kappa shape index (κ2) is 8.54. The van der Waals surface area contributed by atoms with Crippen molar-refractivity contribution in [3.05, 3.63) is 0 Å². The molecule has 1 saturated carbocycles. The predicted molar refractivity (Wildman–Crippen MR) is 78.0 cm³/mol. The molecule has 0 bridgehead atoms. The van der Waals surface area contributed by atoms with Gasteiger partial charge in [0.05, 0.1) is 12.1 Å². The number of aliphatic hydroxyl groups excluding tert-OH is 1. The number of nitrogens with one attached hydrogen (secondary N) is 2. The van der Waals surface area contributed by atoms with E-state index in [1.54, 1.807) is 0 Å². The monoisotopic (exact) mass is 270 g/mol. The largest absolute Gasteiger partial charge is 0.392 e. The third kappa shape index (κ3) is 5.49. The fraction of sp³-hybridized carbons (Fsp3) is 0.933. The Hall–Kier alpha value is -0.610. The van der Waals surface area contributed by atoms with Crippen LogP contribution in [0.25, 0.3) is 0 Å². The van der Waals surface area contributed by atoms with Crippen molar-refractivity contribution in [3.8, 4) is 0 Å². The van der Waals surface area contributed by atoms with E-state index in [0.29, 0.717) is 0 Å². The molecule has 112 valence electrons. The predicted octanol–water partition coefficient (Wildman–Crippen LogP) is 1.96. The van der Waals surface area contributed by atoms with Crippen LogP contribution in [0.15, 0.2) is 0 Å². The van der Waals surface area contributed by atoms with Crippen molar-refractivity contribution in [2.45, 2.75) is 89.9 Å². The Morgan fingerprint density at radius 3 is 2.47 bits per heavy atom. The fourth-order valence-electron chi connectivity index (χ4n) is 2.70. The maximum absolute atomic E-state index is 12.1. The average Bonchev–Trinajstić information content (AvgIpc) is 2.61. The third-order valence-corrected chi connectivity index (χ3v) is 4.17. The average molecular weight is 270 g/mol. The van der Waals surface area contributed by atoms with Crippen LogP contribution >= 0.6 is 0 Å². The molecule has 1 amide bonds. The van der Waals surface area contributed by atoms with E-state index in [2.05, 4.69) is 24.5 Å². The molecule has 0 aliphatic heterocycles. The van der Waals surface area contributed by atoms with Gasteiger partial charge in [0.15, 0.2) is 0 Å². The van der Waals surface area contributed by atoms with Crippen molar-refractivity contribution in [2.75, 3.05) is 0 Å². The summed E-state index contributed by atoms with van der Waals surface area (Å²) < 4.78 is 0. The summed E-state index contributed by atoms with van der Waals surface area (Å²) in [5.74, 6) is 0.0464. The SMILES string of the molecule is CCC(CC)NC(=O)C(C)NC1CCCCCC1O. The number of carbonyl (C=O) groups is 1. The normalized spacial score (nSPS) is 25.9. The van der Waals surface area contributed by atoms with Crippen LogP contribution < -0.4 is 10.6 Å². The van der Waals surface area contributed by atoms with E-state index in [4.69, 9.17) is 0 Å². The summed E-state index contributed by atoms with van der Waals surface area (Å²) in [6.45, 7) is 6.05. The zero-order chi connectivity index (χ0) is 14.3. The highest BCUT2D eigenvalue weighted by Crippen LogP contribution is 2.18. The van der Waals surface area contributed by atoms with Crippen molar-refractivity contribution in [1.29, 1.82) is 0 Å². The van der Waals surface area contributed by atoms with Crippen molar-refractivity contribution in [2.24, 2.45) is 0 Å². The summed E-state index contributed by atoms with van der Waals surface area (Å²) in [5.41, 5.74) is 0. The molecule has 1 rings (SSSR count). The lowest BCUT2D eigenvalue weighted by Crippen LogP contribution is -2.52. The van der Waals surface area contributed by atoms with Gasteiger partial charge in [-0.25, -0.2) is 0 Å². The van der Waals surface area contributed by atoms with Gasteiger partial charge in [0.25, 0.3) is 0 Å². The number of aliphatic hydroxyl groups is 1. The van der Waals surface area contributed by atoms with E-state index in [1.807, 2.05) is 6.92 Å². The van der Waals surface area contributed by atoms with Gasteiger partial charge in [0, 0.05) is 12.1 Å². The van der Waals surface area contributed by atoms with Crippen LogP contribution in [0.4, 0.5) is 0 Å². The van der Waals surface area contributed by atoms with E-state index < -0.39 is 0 Å². The minimum atomic E-state index is -0.314. The molecule has 0 aromatic rings. The molecule has 0 saturated heterocycles. The summed E-state index contributed by atoms with van der Waals surface area (Å²) >= 11 is 0. The molecular formula is C15H30N2O2. The van der Waals surface area contributed by atoms with Gasteiger partial charge in [-0.1, -0.05) is 33.1 Å². The van der Waals surface area contributed by atoms with Gasteiger partial charge in [-0.2, -0.15) is 0 Å². The fourth-order valence-corrected chi connectivity index (χ4v) is 2.70. The Labute approximate surface area is 117 Å². The smallest absolute Gasteiger partial charge is 0.237 e. The first-order valence-corrected chi connectivity index (χ1v) is 7.82. The van der Waals surface area contributed by atoms with Crippen LogP contribution in [0.2, 0.25) is 0 Å². The zero-order valence-electron chi connectivity index (χ0n) is 12.6. The van der Waals surface area contributed by atoms with Gasteiger partial charge >= 0.3 is 0 Å². The first-order valence-electron chi connectivity index (χ1n) is 7.82. The van der Waals surface area contributed by atoms with E-state index in [-0.39, 0.29) is 30.1 Å². The quantitative estimate of drug-likeness (QED) is 0.647. The Balaban J connectivity index is 2.43. The molecule has 3 unspecified atom stereocenters. The Kier molecular flexibility index (Phi) is 7.39. The molecule has 0 heterocycles. The molecule has 4 heteroatoms. The van der Waals surface area contributed by atoms with Crippen LogP contribution in [-0.4, -0.2) is 35.2 Å². The van der Waals surface area contributed by atoms with Crippen molar-refractivity contribution in [3.63, 3.8) is 0 Å². The van der Waals surface area contributed by atoms with Gasteiger partial charge in [0.1, 0.15) is 0 Å². The van der Waals surface area contributed by atoms with Crippen LogP contribution in [0.3, 0.4) is 0 Å². The maximum Gasteiger partial charge on any atom is 0.237 e. The van der Waals surface area contributed by atoms with E-state index in [9.17, 15) is 9.90 Å². The van der Waals surface area contributed by atoms with Gasteiger partial charge in [0.2, 0.25) is 5.91 Å². The Morgan fingerprint density at radius 2 is 1.84 bits per heavy atom. The Morgan fingerprint density at radius 1 is 1.21 bits per heavy atom. The second-order valence-corrected chi connectivity index (χ2v) is 5.72. The number of hydrogen-bond donors (Lipinski definition) is 3. The molecule has 1 aliphatic carbocycles. The maximum atomic E-state index is 12.1. The summed E-state index contributed by atoms with van der Waals surface area (Å²) in [4.78, 5) is 12.1. The van der Waals surface area contributed by atoms with Gasteiger partial charge in [-0.3, -0.25) is 4.79 Å². The third-order valence-electron chi connectivity index (χ3n) is 4.17. The van der Waals surface area contributed by atoms with E-state index in [0.717, 1.165) is 38.5 Å². The lowest BCUT2D eigenvalue weighted by atomic mass is 10.0. The van der Waals surface area contributed by atoms with Crippen molar-refractivity contribution < 1.29 is 9.90 Å². The molecule has 0 aromatic heterocycles. The summed E-state index contributed by atoms with van der Waals surface area (Å²) in [6.07, 6.45) is 6.82. The minimum Gasteiger partial charge on any atom is -0.392 e. The second-order valence-electron chi connectivity index (χ2n) is 5.72. The molecule has 0 aromatic carbocycles. The molecular weight excluding hydrogens is 240 g/mol. The topological polar surface area (TPSA) is 61.4 Å². The van der Waals surface area contributed by atoms with E-state index >= 15 is 0 Å². The van der Waals surface area contributed by atoms with Gasteiger partial charge in [-0.15, -0.1) is 0 Å². The molecule has 3 atom stereocenters. The number of rotatable bonds is 6. The van der Waals surface area contributed by atoms with Crippen LogP contribution in [0, 0.1) is 0 Å². The summed E-state index contributed by atoms with van der Waals surface area (Å²) in [6, 6.07) is 0.0825. The van der Waals surface area contributed by atoms with Crippen molar-refractivity contribution >= 4 is 5.91 Å². The lowest BCUT2D eigenvalue weighted by molar-refractivity contribution is -0.123. The molecule has 0 radical (unpaired) electrons. The minimum absolute atomic E-state index is 0.0464. The van der Waals surface area contributed by atoms with E-state index in [1.165, 1.54) is 6.42 Å². The first-order chi connectivity index (χ1) is 9.08. The lowest BCUT2D eigenvalue weighted by Gasteiger charge is -2.26. The highest BCUT2D eigenvalue weighted by molar-refractivity contribution is 5.81. The molecule has 1 fully saturated rings. The van der Waals surface area contributed by atoms with Crippen LogP contribution in [0.5, 0.6) is 0 Å². The molecule has 1 aliphatic rings. The zero-order valence-corrected chi connectivity index (χ0v) is 12.6. The standard InChI is InChI=1S/C15H30N2O2/c1-4-12(5-2)17-15(19)11(3)16-13-9-7-6-8-10-14(13)18/h11-14,16,18H,4-10H2,1-3H3,(H,17,19). The number of hydrogen-bond acceptors (Lipinski definition) is 3. The highest BCUT2D eigenvalue weighted by atomic mass is 16.3. The number of carbonyl (C=O) groups excluding carboxylic acids is 1. The summed E-state index contributed by atoms with van der Waals surface area (Å²) in [5, 5.41) is 16.4. The highest BCUT2D eigenvalue weighted by Gasteiger charge is 2.25. The molecule has 4 nitrogen and oxygen atoms in total. The van der Waals surface area contributed by atoms with Gasteiger partial charge < -0.3 is 15.7 Å². The molecule has 0 spiro atoms. The van der Waals surface area contributed by atoms with Crippen LogP contribution in [-0.2, 0) is 4.79 Å². The number of amides is 1. The first kappa shape index (κ1) is 16.4. The Bertz CT molecular complexity index is 267.